The molecule has 1 heterocycles. The van der Waals surface area contributed by atoms with Gasteiger partial charge in [-0.25, -0.2) is 0 Å². The van der Waals surface area contributed by atoms with Gasteiger partial charge in [-0.15, -0.1) is 24.0 Å². The van der Waals surface area contributed by atoms with E-state index >= 15 is 0 Å². The van der Waals surface area contributed by atoms with Crippen molar-refractivity contribution >= 4 is 29.9 Å². The zero-order chi connectivity index (χ0) is 20.7. The van der Waals surface area contributed by atoms with Crippen molar-refractivity contribution in [3.8, 4) is 5.75 Å². The average Bonchev–Trinajstić information content (AvgIpc) is 2.78. The van der Waals surface area contributed by atoms with Crippen LogP contribution >= 0.6 is 24.0 Å². The normalized spacial score (nSPS) is 15.9. The zero-order valence-electron chi connectivity index (χ0n) is 18.4. The van der Waals surface area contributed by atoms with E-state index in [4.69, 9.17) is 18.9 Å². The number of ether oxygens (including phenoxy) is 4. The van der Waals surface area contributed by atoms with Gasteiger partial charge < -0.3 is 29.6 Å². The lowest BCUT2D eigenvalue weighted by atomic mass is 10.0. The van der Waals surface area contributed by atoms with E-state index in [9.17, 15) is 0 Å². The molecule has 1 atom stereocenters. The molecule has 0 aromatic heterocycles. The van der Waals surface area contributed by atoms with Gasteiger partial charge in [0.15, 0.2) is 5.96 Å². The maximum atomic E-state index is 5.53. The number of rotatable bonds is 12. The van der Waals surface area contributed by atoms with E-state index in [1.54, 1.807) is 21.3 Å². The summed E-state index contributed by atoms with van der Waals surface area (Å²) in [6.45, 7) is 6.90. The summed E-state index contributed by atoms with van der Waals surface area (Å²) in [6.07, 6.45) is 0.912. The van der Waals surface area contributed by atoms with Crippen molar-refractivity contribution in [3.05, 3.63) is 29.8 Å². The molecule has 1 aromatic carbocycles. The Morgan fingerprint density at radius 1 is 1.10 bits per heavy atom. The summed E-state index contributed by atoms with van der Waals surface area (Å²) in [6, 6.07) is 8.53. The smallest absolute Gasteiger partial charge is 0.191 e. The summed E-state index contributed by atoms with van der Waals surface area (Å²) in [5, 5.41) is 6.82. The first-order valence-electron chi connectivity index (χ1n) is 10.3. The van der Waals surface area contributed by atoms with Gasteiger partial charge in [-0.3, -0.25) is 9.89 Å². The van der Waals surface area contributed by atoms with E-state index in [0.29, 0.717) is 19.8 Å². The van der Waals surface area contributed by atoms with E-state index in [1.807, 2.05) is 12.1 Å². The third kappa shape index (κ3) is 9.78. The third-order valence-corrected chi connectivity index (χ3v) is 4.86. The molecule has 1 fully saturated rings. The minimum absolute atomic E-state index is 0. The van der Waals surface area contributed by atoms with Crippen LogP contribution in [0.4, 0.5) is 0 Å². The van der Waals surface area contributed by atoms with Gasteiger partial charge in [-0.1, -0.05) is 12.1 Å². The van der Waals surface area contributed by atoms with Gasteiger partial charge in [-0.05, 0) is 24.1 Å². The van der Waals surface area contributed by atoms with Crippen LogP contribution in [0.1, 0.15) is 18.0 Å². The Hall–Kier alpha value is -1.14. The highest BCUT2D eigenvalue weighted by Crippen LogP contribution is 2.23. The van der Waals surface area contributed by atoms with E-state index in [-0.39, 0.29) is 30.0 Å². The van der Waals surface area contributed by atoms with Crippen molar-refractivity contribution in [1.29, 1.82) is 0 Å². The highest BCUT2D eigenvalue weighted by Gasteiger charge is 2.23. The van der Waals surface area contributed by atoms with Gasteiger partial charge >= 0.3 is 0 Å². The first-order chi connectivity index (χ1) is 14.3. The summed E-state index contributed by atoms with van der Waals surface area (Å²) >= 11 is 0. The quantitative estimate of drug-likeness (QED) is 0.183. The van der Waals surface area contributed by atoms with Gasteiger partial charge in [0.25, 0.3) is 0 Å². The first-order valence-corrected chi connectivity index (χ1v) is 10.3. The zero-order valence-corrected chi connectivity index (χ0v) is 20.7. The number of hydrogen-bond donors (Lipinski definition) is 2. The fourth-order valence-corrected chi connectivity index (χ4v) is 3.21. The molecule has 0 aliphatic carbocycles. The molecule has 0 spiro atoms. The number of guanidine groups is 1. The predicted octanol–water partition coefficient (Wildman–Crippen LogP) is 1.90. The van der Waals surface area contributed by atoms with Crippen LogP contribution in [0.25, 0.3) is 0 Å². The molecule has 9 heteroatoms. The van der Waals surface area contributed by atoms with Gasteiger partial charge in [0.05, 0.1) is 39.6 Å². The van der Waals surface area contributed by atoms with Crippen LogP contribution in [0, 0.1) is 0 Å². The summed E-state index contributed by atoms with van der Waals surface area (Å²) in [7, 11) is 5.16. The molecule has 8 nitrogen and oxygen atoms in total. The molecule has 0 amide bonds. The largest absolute Gasteiger partial charge is 0.497 e. The molecule has 1 saturated heterocycles. The van der Waals surface area contributed by atoms with Crippen molar-refractivity contribution in [2.75, 3.05) is 80.5 Å². The first kappa shape index (κ1) is 26.9. The Kier molecular flexibility index (Phi) is 14.8. The summed E-state index contributed by atoms with van der Waals surface area (Å²) < 4.78 is 21.3. The fourth-order valence-electron chi connectivity index (χ4n) is 3.21. The number of aliphatic imine (C=N–C) groups is 1. The monoisotopic (exact) mass is 536 g/mol. The van der Waals surface area contributed by atoms with E-state index in [1.165, 1.54) is 5.56 Å². The van der Waals surface area contributed by atoms with Gasteiger partial charge in [0.1, 0.15) is 5.75 Å². The van der Waals surface area contributed by atoms with Crippen LogP contribution < -0.4 is 15.4 Å². The molecule has 30 heavy (non-hydrogen) atoms. The molecule has 0 saturated carbocycles. The molecule has 1 unspecified atom stereocenters. The number of methoxy groups -OCH3 is 2. The van der Waals surface area contributed by atoms with E-state index < -0.39 is 0 Å². The molecule has 172 valence electrons. The minimum atomic E-state index is 0. The number of hydrogen-bond acceptors (Lipinski definition) is 6. The number of benzene rings is 1. The molecule has 2 rings (SSSR count). The Labute approximate surface area is 197 Å². The molecule has 2 N–H and O–H groups in total. The Morgan fingerprint density at radius 3 is 2.47 bits per heavy atom. The summed E-state index contributed by atoms with van der Waals surface area (Å²) in [5.41, 5.74) is 1.25. The molecule has 0 bridgehead atoms. The molecule has 1 aromatic rings. The second-order valence-electron chi connectivity index (χ2n) is 6.78. The molecule has 0 radical (unpaired) electrons. The summed E-state index contributed by atoms with van der Waals surface area (Å²) in [4.78, 5) is 6.80. The van der Waals surface area contributed by atoms with Crippen molar-refractivity contribution in [2.45, 2.75) is 12.5 Å². The molecular weight excluding hydrogens is 499 g/mol. The van der Waals surface area contributed by atoms with Gasteiger partial charge in [0, 0.05) is 46.9 Å². The van der Waals surface area contributed by atoms with Gasteiger partial charge in [-0.2, -0.15) is 0 Å². The lowest BCUT2D eigenvalue weighted by Crippen LogP contribution is -2.46. The minimum Gasteiger partial charge on any atom is -0.497 e. The van der Waals surface area contributed by atoms with Crippen molar-refractivity contribution in [1.82, 2.24) is 15.5 Å². The second-order valence-corrected chi connectivity index (χ2v) is 6.78. The lowest BCUT2D eigenvalue weighted by molar-refractivity contribution is 0.0170. The fraction of sp³-hybridized carbons (Fsp3) is 0.667. The summed E-state index contributed by atoms with van der Waals surface area (Å²) in [5.74, 6) is 1.67. The van der Waals surface area contributed by atoms with Gasteiger partial charge in [0.2, 0.25) is 0 Å². The van der Waals surface area contributed by atoms with Crippen LogP contribution in [0.3, 0.4) is 0 Å². The number of morpholine rings is 1. The maximum Gasteiger partial charge on any atom is 0.191 e. The van der Waals surface area contributed by atoms with E-state index in [0.717, 1.165) is 57.5 Å². The Bertz CT molecular complexity index is 583. The third-order valence-electron chi connectivity index (χ3n) is 4.86. The van der Waals surface area contributed by atoms with Crippen LogP contribution in [-0.4, -0.2) is 91.3 Å². The predicted molar refractivity (Wildman–Crippen MR) is 130 cm³/mol. The van der Waals surface area contributed by atoms with E-state index in [2.05, 4.69) is 32.7 Å². The molecule has 1 aliphatic rings. The number of nitrogens with one attached hydrogen (secondary N) is 2. The van der Waals surface area contributed by atoms with Crippen LogP contribution in [0.15, 0.2) is 29.3 Å². The molecule has 1 aliphatic heterocycles. The van der Waals surface area contributed by atoms with Crippen molar-refractivity contribution < 1.29 is 18.9 Å². The SMILES string of the molecule is CN=C(NCCCOCCOC)NCC(c1ccc(OC)cc1)N1CCOCC1.I. The molecular formula is C21H37IN4O4. The number of nitrogens with zero attached hydrogens (tertiary/aromatic N) is 2. The highest BCUT2D eigenvalue weighted by molar-refractivity contribution is 14.0. The Balaban J connectivity index is 0.00000450. The lowest BCUT2D eigenvalue weighted by Gasteiger charge is -2.35. The average molecular weight is 536 g/mol. The highest BCUT2D eigenvalue weighted by atomic mass is 127. The second kappa shape index (κ2) is 16.5. The standard InChI is InChI=1S/C21H36N4O4.HI/c1-22-21(23-9-4-12-28-16-15-26-2)24-17-20(25-10-13-29-14-11-25)18-5-7-19(27-3)8-6-18;/h5-8,20H,4,9-17H2,1-3H3,(H2,22,23,24);1H. The van der Waals surface area contributed by atoms with Crippen LogP contribution in [0.2, 0.25) is 0 Å². The topological polar surface area (TPSA) is 76.6 Å². The van der Waals surface area contributed by atoms with Crippen LogP contribution in [0.5, 0.6) is 5.75 Å². The number of halogens is 1. The van der Waals surface area contributed by atoms with Crippen LogP contribution in [-0.2, 0) is 14.2 Å². The van der Waals surface area contributed by atoms with Crippen molar-refractivity contribution in [2.24, 2.45) is 4.99 Å². The maximum absolute atomic E-state index is 5.53. The van der Waals surface area contributed by atoms with Crippen molar-refractivity contribution in [3.63, 3.8) is 0 Å². The Morgan fingerprint density at radius 2 is 1.83 bits per heavy atom.